The zero-order valence-electron chi connectivity index (χ0n) is 16.3. The van der Waals surface area contributed by atoms with Crippen LogP contribution in [0, 0.1) is 5.92 Å². The molecule has 0 bridgehead atoms. The minimum atomic E-state index is -3.08. The fourth-order valence-electron chi connectivity index (χ4n) is 3.21. The van der Waals surface area contributed by atoms with E-state index >= 15 is 0 Å². The third-order valence-corrected chi connectivity index (χ3v) is 4.58. The summed E-state index contributed by atoms with van der Waals surface area (Å²) in [5, 5.41) is 2.61. The van der Waals surface area contributed by atoms with Crippen LogP contribution in [0.3, 0.4) is 0 Å². The van der Waals surface area contributed by atoms with Crippen LogP contribution in [0.25, 0.3) is 0 Å². The third-order valence-electron chi connectivity index (χ3n) is 4.58. The zero-order chi connectivity index (χ0) is 19.9. The van der Waals surface area contributed by atoms with Gasteiger partial charge in [0.2, 0.25) is 5.91 Å². The summed E-state index contributed by atoms with van der Waals surface area (Å²) in [6, 6.07) is 5.99. The number of amides is 1. The van der Waals surface area contributed by atoms with E-state index in [1.54, 1.807) is 17.0 Å². The number of ether oxygens (including phenoxy) is 1. The minimum Gasteiger partial charge on any atom is -0.494 e. The number of piperidine rings is 1. The molecule has 6 heteroatoms. The maximum Gasteiger partial charge on any atom is 0.285 e. The summed E-state index contributed by atoms with van der Waals surface area (Å²) < 4.78 is 34.5. The number of hydrogen-bond acceptors (Lipinski definition) is 3. The Labute approximate surface area is 160 Å². The molecule has 0 spiro atoms. The number of unbranched alkanes of at least 4 members (excludes halogenated alkanes) is 1. The Hall–Kier alpha value is -1.95. The van der Waals surface area contributed by atoms with Crippen molar-refractivity contribution < 1.29 is 18.3 Å². The lowest BCUT2D eigenvalue weighted by Crippen LogP contribution is -2.45. The molecule has 0 aliphatic carbocycles. The van der Waals surface area contributed by atoms with E-state index in [1.165, 1.54) is 12.1 Å². The zero-order valence-corrected chi connectivity index (χ0v) is 16.3. The molecule has 1 saturated heterocycles. The Morgan fingerprint density at radius 1 is 1.44 bits per heavy atom. The van der Waals surface area contributed by atoms with Crippen LogP contribution in [-0.2, 0) is 10.7 Å². The highest BCUT2D eigenvalue weighted by molar-refractivity contribution is 5.78. The van der Waals surface area contributed by atoms with E-state index in [-0.39, 0.29) is 18.0 Å². The molecule has 27 heavy (non-hydrogen) atoms. The summed E-state index contributed by atoms with van der Waals surface area (Å²) in [6.45, 7) is 9.01. The lowest BCUT2D eigenvalue weighted by molar-refractivity contribution is -0.131. The molecule has 1 aliphatic heterocycles. The summed E-state index contributed by atoms with van der Waals surface area (Å²) >= 11 is 0. The smallest absolute Gasteiger partial charge is 0.285 e. The quantitative estimate of drug-likeness (QED) is 0.521. The highest BCUT2D eigenvalue weighted by Gasteiger charge is 2.32. The van der Waals surface area contributed by atoms with Gasteiger partial charge >= 0.3 is 0 Å². The number of halogens is 2. The van der Waals surface area contributed by atoms with Gasteiger partial charge in [-0.1, -0.05) is 44.6 Å². The second kappa shape index (κ2) is 9.83. The van der Waals surface area contributed by atoms with Gasteiger partial charge in [0.15, 0.2) is 0 Å². The lowest BCUT2D eigenvalue weighted by Gasteiger charge is -2.32. The van der Waals surface area contributed by atoms with E-state index in [2.05, 4.69) is 18.8 Å². The second-order valence-electron chi connectivity index (χ2n) is 7.37. The number of likely N-dealkylation sites (tertiary alicyclic amines) is 1. The Bertz CT molecular complexity index is 649. The van der Waals surface area contributed by atoms with E-state index in [1.807, 2.05) is 6.92 Å². The predicted molar refractivity (Wildman–Crippen MR) is 103 cm³/mol. The first-order valence-electron chi connectivity index (χ1n) is 9.58. The average Bonchev–Trinajstić information content (AvgIpc) is 2.61. The molecule has 0 saturated carbocycles. The van der Waals surface area contributed by atoms with Crippen molar-refractivity contribution in [3.8, 4) is 5.75 Å². The number of carbonyl (C=O) groups is 1. The summed E-state index contributed by atoms with van der Waals surface area (Å²) in [5.74, 6) is -2.46. The molecule has 0 aromatic heterocycles. The largest absolute Gasteiger partial charge is 0.494 e. The van der Waals surface area contributed by atoms with Gasteiger partial charge in [0.05, 0.1) is 19.7 Å². The first kappa shape index (κ1) is 21.4. The van der Waals surface area contributed by atoms with Crippen molar-refractivity contribution in [2.45, 2.75) is 39.0 Å². The van der Waals surface area contributed by atoms with E-state index in [0.29, 0.717) is 31.4 Å². The summed E-state index contributed by atoms with van der Waals surface area (Å²) in [6.07, 6.45) is 2.77. The van der Waals surface area contributed by atoms with Crippen molar-refractivity contribution in [1.82, 2.24) is 10.2 Å². The first-order chi connectivity index (χ1) is 12.8. The van der Waals surface area contributed by atoms with Crippen molar-refractivity contribution in [3.63, 3.8) is 0 Å². The molecular weight excluding hydrogens is 350 g/mol. The number of carbonyl (C=O) groups excluding carboxylic acids is 1. The Kier molecular flexibility index (Phi) is 7.78. The number of nitrogens with one attached hydrogen (secondary N) is 1. The summed E-state index contributed by atoms with van der Waals surface area (Å²) in [7, 11) is 0. The molecule has 1 atom stereocenters. The molecule has 4 nitrogen and oxygen atoms in total. The van der Waals surface area contributed by atoms with Gasteiger partial charge in [-0.2, -0.15) is 8.78 Å². The highest BCUT2D eigenvalue weighted by atomic mass is 19.3. The molecule has 1 aromatic carbocycles. The minimum absolute atomic E-state index is 0.109. The molecule has 1 fully saturated rings. The molecule has 2 rings (SSSR count). The lowest BCUT2D eigenvalue weighted by atomic mass is 9.96. The summed E-state index contributed by atoms with van der Waals surface area (Å²) in [5.41, 5.74) is 0.892. The van der Waals surface area contributed by atoms with Crippen molar-refractivity contribution >= 4 is 5.91 Å². The van der Waals surface area contributed by atoms with Gasteiger partial charge in [-0.25, -0.2) is 0 Å². The van der Waals surface area contributed by atoms with Crippen LogP contribution < -0.4 is 10.1 Å². The van der Waals surface area contributed by atoms with E-state index in [4.69, 9.17) is 4.74 Å². The molecular formula is C21H30F2N2O2. The number of hydrogen-bond donors (Lipinski definition) is 1. The fraction of sp³-hybridized carbons (Fsp3) is 0.571. The number of benzene rings is 1. The maximum absolute atomic E-state index is 14.5. The van der Waals surface area contributed by atoms with E-state index in [0.717, 1.165) is 24.8 Å². The second-order valence-corrected chi connectivity index (χ2v) is 7.37. The van der Waals surface area contributed by atoms with Crippen LogP contribution in [-0.4, -0.2) is 43.6 Å². The van der Waals surface area contributed by atoms with Gasteiger partial charge in [0.25, 0.3) is 5.92 Å². The average molecular weight is 380 g/mol. The molecule has 0 radical (unpaired) electrons. The van der Waals surface area contributed by atoms with E-state index in [9.17, 15) is 13.6 Å². The Morgan fingerprint density at radius 3 is 2.93 bits per heavy atom. The first-order valence-corrected chi connectivity index (χ1v) is 9.58. The molecule has 1 amide bonds. The Balaban J connectivity index is 1.86. The highest BCUT2D eigenvalue weighted by Crippen LogP contribution is 2.29. The Morgan fingerprint density at radius 2 is 2.22 bits per heavy atom. The van der Waals surface area contributed by atoms with Crippen LogP contribution >= 0.6 is 0 Å². The molecule has 1 aromatic rings. The SMILES string of the molecule is C=C1C[C@H](C)CN(C(=O)CNCC(F)(F)c2cccc(OCCCC)c2)C1. The normalized spacial score (nSPS) is 17.9. The fourth-order valence-corrected chi connectivity index (χ4v) is 3.21. The van der Waals surface area contributed by atoms with Crippen molar-refractivity contribution in [2.75, 3.05) is 32.8 Å². The van der Waals surface area contributed by atoms with Gasteiger partial charge in [-0.05, 0) is 30.9 Å². The summed E-state index contributed by atoms with van der Waals surface area (Å²) in [4.78, 5) is 14.0. The topological polar surface area (TPSA) is 41.6 Å². The number of nitrogens with zero attached hydrogens (tertiary/aromatic N) is 1. The standard InChI is InChI=1S/C21H30F2N2O2/c1-4-5-9-27-19-8-6-7-18(11-19)21(22,23)15-24-12-20(26)25-13-16(2)10-17(3)14-25/h6-8,11,17,24H,2,4-5,9-10,12-15H2,1,3H3/t17-/m0/s1. The van der Waals surface area contributed by atoms with Crippen molar-refractivity contribution in [2.24, 2.45) is 5.92 Å². The van der Waals surface area contributed by atoms with E-state index < -0.39 is 12.5 Å². The molecule has 0 unspecified atom stereocenters. The van der Waals surface area contributed by atoms with Gasteiger partial charge in [0, 0.05) is 18.7 Å². The van der Waals surface area contributed by atoms with Crippen LogP contribution in [0.1, 0.15) is 38.7 Å². The molecule has 1 N–H and O–H groups in total. The molecule has 150 valence electrons. The maximum atomic E-state index is 14.5. The molecule has 1 aliphatic rings. The molecule has 1 heterocycles. The van der Waals surface area contributed by atoms with Crippen molar-refractivity contribution in [3.05, 3.63) is 42.0 Å². The van der Waals surface area contributed by atoms with Crippen LogP contribution in [0.5, 0.6) is 5.75 Å². The monoisotopic (exact) mass is 380 g/mol. The van der Waals surface area contributed by atoms with Gasteiger partial charge in [-0.3, -0.25) is 4.79 Å². The predicted octanol–water partition coefficient (Wildman–Crippen LogP) is 3.97. The number of alkyl halides is 2. The van der Waals surface area contributed by atoms with Crippen LogP contribution in [0.4, 0.5) is 8.78 Å². The van der Waals surface area contributed by atoms with Gasteiger partial charge in [0.1, 0.15) is 5.75 Å². The van der Waals surface area contributed by atoms with Crippen molar-refractivity contribution in [1.29, 1.82) is 0 Å². The number of rotatable bonds is 9. The van der Waals surface area contributed by atoms with Gasteiger partial charge < -0.3 is 15.0 Å². The third kappa shape index (κ3) is 6.61. The van der Waals surface area contributed by atoms with Crippen LogP contribution in [0.2, 0.25) is 0 Å². The van der Waals surface area contributed by atoms with Crippen LogP contribution in [0.15, 0.2) is 36.4 Å². The van der Waals surface area contributed by atoms with Gasteiger partial charge in [-0.15, -0.1) is 0 Å².